The van der Waals surface area contributed by atoms with Crippen LogP contribution in [0.2, 0.25) is 5.02 Å². The Hall–Kier alpha value is -2.20. The van der Waals surface area contributed by atoms with E-state index in [-0.39, 0.29) is 12.5 Å². The van der Waals surface area contributed by atoms with Crippen LogP contribution in [0.5, 0.6) is 5.75 Å². The Labute approximate surface area is 141 Å². The fourth-order valence-electron chi connectivity index (χ4n) is 2.01. The lowest BCUT2D eigenvalue weighted by Gasteiger charge is -2.13. The van der Waals surface area contributed by atoms with Crippen molar-refractivity contribution in [2.24, 2.45) is 0 Å². The molecule has 0 heterocycles. The van der Waals surface area contributed by atoms with Gasteiger partial charge in [-0.15, -0.1) is 0 Å². The zero-order chi connectivity index (χ0) is 16.5. The summed E-state index contributed by atoms with van der Waals surface area (Å²) in [6.45, 7) is 2.94. The van der Waals surface area contributed by atoms with Crippen molar-refractivity contribution >= 4 is 28.9 Å². The molecule has 0 atom stereocenters. The first-order chi connectivity index (χ1) is 11.2. The number of nitrogens with one attached hydrogen (secondary N) is 2. The molecular weight excluding hydrogens is 312 g/mol. The SMILES string of the molecule is CCCCOc1ccccc1NCC(=O)Nc1cccc(Cl)c1. The summed E-state index contributed by atoms with van der Waals surface area (Å²) in [6, 6.07) is 14.7. The molecule has 122 valence electrons. The molecule has 1 amide bonds. The average Bonchev–Trinajstić information content (AvgIpc) is 2.54. The van der Waals surface area contributed by atoms with Gasteiger partial charge in [-0.2, -0.15) is 0 Å². The number of hydrogen-bond acceptors (Lipinski definition) is 3. The molecule has 2 rings (SSSR count). The van der Waals surface area contributed by atoms with Gasteiger partial charge in [-0.1, -0.05) is 43.1 Å². The average molecular weight is 333 g/mol. The summed E-state index contributed by atoms with van der Waals surface area (Å²) in [5, 5.41) is 6.49. The second-order valence-corrected chi connectivity index (χ2v) is 5.55. The molecule has 2 aromatic rings. The van der Waals surface area contributed by atoms with E-state index >= 15 is 0 Å². The summed E-state index contributed by atoms with van der Waals surface area (Å²) >= 11 is 5.90. The van der Waals surface area contributed by atoms with Crippen molar-refractivity contribution in [3.63, 3.8) is 0 Å². The zero-order valence-corrected chi connectivity index (χ0v) is 13.9. The van der Waals surface area contributed by atoms with E-state index in [1.807, 2.05) is 24.3 Å². The van der Waals surface area contributed by atoms with E-state index in [1.165, 1.54) is 0 Å². The van der Waals surface area contributed by atoms with Crippen molar-refractivity contribution in [3.05, 3.63) is 53.6 Å². The molecule has 0 aliphatic carbocycles. The van der Waals surface area contributed by atoms with Gasteiger partial charge in [-0.05, 0) is 36.8 Å². The first-order valence-electron chi connectivity index (χ1n) is 7.70. The molecule has 0 fully saturated rings. The lowest BCUT2D eigenvalue weighted by Crippen LogP contribution is -2.22. The molecule has 5 heteroatoms. The molecule has 0 unspecified atom stereocenters. The van der Waals surface area contributed by atoms with Crippen LogP contribution >= 0.6 is 11.6 Å². The van der Waals surface area contributed by atoms with E-state index in [9.17, 15) is 4.79 Å². The van der Waals surface area contributed by atoms with Gasteiger partial charge in [0.2, 0.25) is 5.91 Å². The maximum absolute atomic E-state index is 12.0. The smallest absolute Gasteiger partial charge is 0.243 e. The van der Waals surface area contributed by atoms with E-state index in [0.29, 0.717) is 17.3 Å². The lowest BCUT2D eigenvalue weighted by atomic mass is 10.3. The predicted molar refractivity (Wildman–Crippen MR) is 95.4 cm³/mol. The molecule has 23 heavy (non-hydrogen) atoms. The van der Waals surface area contributed by atoms with Crippen LogP contribution in [0.3, 0.4) is 0 Å². The monoisotopic (exact) mass is 332 g/mol. The van der Waals surface area contributed by atoms with E-state index in [4.69, 9.17) is 16.3 Å². The third-order valence-electron chi connectivity index (χ3n) is 3.19. The van der Waals surface area contributed by atoms with Crippen LogP contribution in [-0.2, 0) is 4.79 Å². The van der Waals surface area contributed by atoms with Gasteiger partial charge in [0, 0.05) is 10.7 Å². The molecule has 4 nitrogen and oxygen atoms in total. The molecule has 0 aliphatic rings. The van der Waals surface area contributed by atoms with Crippen molar-refractivity contribution in [2.75, 3.05) is 23.8 Å². The maximum Gasteiger partial charge on any atom is 0.243 e. The van der Waals surface area contributed by atoms with Gasteiger partial charge >= 0.3 is 0 Å². The minimum atomic E-state index is -0.143. The lowest BCUT2D eigenvalue weighted by molar-refractivity contribution is -0.114. The number of rotatable bonds is 8. The van der Waals surface area contributed by atoms with E-state index in [2.05, 4.69) is 17.6 Å². The van der Waals surface area contributed by atoms with Crippen LogP contribution in [0.15, 0.2) is 48.5 Å². The molecule has 0 aliphatic heterocycles. The Balaban J connectivity index is 1.88. The Morgan fingerprint density at radius 3 is 2.78 bits per heavy atom. The minimum absolute atomic E-state index is 0.143. The van der Waals surface area contributed by atoms with Gasteiger partial charge in [-0.3, -0.25) is 4.79 Å². The highest BCUT2D eigenvalue weighted by Crippen LogP contribution is 2.23. The van der Waals surface area contributed by atoms with Crippen LogP contribution in [0, 0.1) is 0 Å². The van der Waals surface area contributed by atoms with Gasteiger partial charge < -0.3 is 15.4 Å². The Kier molecular flexibility index (Phi) is 6.76. The number of unbranched alkanes of at least 4 members (excludes halogenated alkanes) is 1. The zero-order valence-electron chi connectivity index (χ0n) is 13.1. The molecular formula is C18H21ClN2O2. The second-order valence-electron chi connectivity index (χ2n) is 5.11. The molecule has 0 aromatic heterocycles. The van der Waals surface area contributed by atoms with Crippen LogP contribution < -0.4 is 15.4 Å². The molecule has 2 N–H and O–H groups in total. The highest BCUT2D eigenvalue weighted by atomic mass is 35.5. The van der Waals surface area contributed by atoms with Gasteiger partial charge in [0.1, 0.15) is 5.75 Å². The second kappa shape index (κ2) is 9.06. The van der Waals surface area contributed by atoms with Crippen LogP contribution in [-0.4, -0.2) is 19.1 Å². The van der Waals surface area contributed by atoms with E-state index in [1.54, 1.807) is 24.3 Å². The van der Waals surface area contributed by atoms with Gasteiger partial charge in [-0.25, -0.2) is 0 Å². The summed E-state index contributed by atoms with van der Waals surface area (Å²) in [5.41, 5.74) is 1.49. The summed E-state index contributed by atoms with van der Waals surface area (Å²) in [6.07, 6.45) is 2.08. The summed E-state index contributed by atoms with van der Waals surface area (Å²) in [5.74, 6) is 0.618. The number of anilines is 2. The molecule has 0 saturated carbocycles. The number of ether oxygens (including phenoxy) is 1. The highest BCUT2D eigenvalue weighted by Gasteiger charge is 2.06. The molecule has 2 aromatic carbocycles. The van der Waals surface area contributed by atoms with Crippen molar-refractivity contribution in [2.45, 2.75) is 19.8 Å². The Morgan fingerprint density at radius 1 is 1.17 bits per heavy atom. The largest absolute Gasteiger partial charge is 0.491 e. The highest BCUT2D eigenvalue weighted by molar-refractivity contribution is 6.30. The standard InChI is InChI=1S/C18H21ClN2O2/c1-2-3-11-23-17-10-5-4-9-16(17)20-13-18(22)21-15-8-6-7-14(19)12-15/h4-10,12,20H,2-3,11,13H2,1H3,(H,21,22). The minimum Gasteiger partial charge on any atom is -0.491 e. The number of carbonyl (C=O) groups excluding carboxylic acids is 1. The van der Waals surface area contributed by atoms with Gasteiger partial charge in [0.05, 0.1) is 18.8 Å². The van der Waals surface area contributed by atoms with Crippen LogP contribution in [0.1, 0.15) is 19.8 Å². The number of para-hydroxylation sites is 2. The van der Waals surface area contributed by atoms with Gasteiger partial charge in [0.25, 0.3) is 0 Å². The predicted octanol–water partition coefficient (Wildman–Crippen LogP) is 4.57. The maximum atomic E-state index is 12.0. The molecule has 0 spiro atoms. The summed E-state index contributed by atoms with van der Waals surface area (Å²) < 4.78 is 5.73. The normalized spacial score (nSPS) is 10.2. The van der Waals surface area contributed by atoms with E-state index in [0.717, 1.165) is 24.3 Å². The third kappa shape index (κ3) is 5.83. The number of benzene rings is 2. The fraction of sp³-hybridized carbons (Fsp3) is 0.278. The van der Waals surface area contributed by atoms with Gasteiger partial charge in [0.15, 0.2) is 0 Å². The van der Waals surface area contributed by atoms with Crippen molar-refractivity contribution in [1.82, 2.24) is 0 Å². The van der Waals surface area contributed by atoms with E-state index < -0.39 is 0 Å². The van der Waals surface area contributed by atoms with Crippen LogP contribution in [0.25, 0.3) is 0 Å². The molecule has 0 radical (unpaired) electrons. The topological polar surface area (TPSA) is 50.4 Å². The molecule has 0 bridgehead atoms. The van der Waals surface area contributed by atoms with Crippen molar-refractivity contribution in [3.8, 4) is 5.75 Å². The number of carbonyl (C=O) groups is 1. The first-order valence-corrected chi connectivity index (χ1v) is 8.08. The quantitative estimate of drug-likeness (QED) is 0.696. The molecule has 0 saturated heterocycles. The fourth-order valence-corrected chi connectivity index (χ4v) is 2.20. The number of hydrogen-bond donors (Lipinski definition) is 2. The Bertz CT molecular complexity index is 646. The van der Waals surface area contributed by atoms with Crippen LogP contribution in [0.4, 0.5) is 11.4 Å². The Morgan fingerprint density at radius 2 is 2.00 bits per heavy atom. The third-order valence-corrected chi connectivity index (χ3v) is 3.43. The summed E-state index contributed by atoms with van der Waals surface area (Å²) in [7, 11) is 0. The van der Waals surface area contributed by atoms with Crippen molar-refractivity contribution < 1.29 is 9.53 Å². The first kappa shape index (κ1) is 17.2. The van der Waals surface area contributed by atoms with Crippen molar-refractivity contribution in [1.29, 1.82) is 0 Å². The number of halogens is 1. The number of amides is 1. The summed E-state index contributed by atoms with van der Waals surface area (Å²) in [4.78, 5) is 12.0.